The lowest BCUT2D eigenvalue weighted by Gasteiger charge is -2.17. The predicted molar refractivity (Wildman–Crippen MR) is 102 cm³/mol. The maximum absolute atomic E-state index is 12.4. The molecule has 1 aromatic carbocycles. The molecular formula is C17H21Cl2N3OS. The molecule has 0 radical (unpaired) electrons. The van der Waals surface area contributed by atoms with Crippen LogP contribution in [0.4, 0.5) is 0 Å². The van der Waals surface area contributed by atoms with E-state index in [9.17, 15) is 4.79 Å². The van der Waals surface area contributed by atoms with Crippen molar-refractivity contribution in [2.45, 2.75) is 20.8 Å². The van der Waals surface area contributed by atoms with Crippen molar-refractivity contribution in [1.82, 2.24) is 15.2 Å². The molecule has 0 saturated heterocycles. The zero-order valence-electron chi connectivity index (χ0n) is 14.0. The average molecular weight is 386 g/mol. The Labute approximate surface area is 156 Å². The van der Waals surface area contributed by atoms with Crippen molar-refractivity contribution in [2.75, 3.05) is 26.2 Å². The minimum Gasteiger partial charge on any atom is -0.350 e. The van der Waals surface area contributed by atoms with Crippen molar-refractivity contribution in [3.63, 3.8) is 0 Å². The summed E-state index contributed by atoms with van der Waals surface area (Å²) in [6, 6.07) is 5.23. The first-order valence-corrected chi connectivity index (χ1v) is 9.46. The van der Waals surface area contributed by atoms with Crippen LogP contribution in [-0.4, -0.2) is 42.0 Å². The van der Waals surface area contributed by atoms with Gasteiger partial charge in [0.25, 0.3) is 5.91 Å². The standard InChI is InChI=1S/C17H21Cl2N3OS/c1-4-22(5-2)9-8-20-16(23)15-11(3)21-17(24-15)13-10-12(18)6-7-14(13)19/h6-7,10H,4-5,8-9H2,1-3H3,(H,20,23). The number of thiazole rings is 1. The van der Waals surface area contributed by atoms with Gasteiger partial charge in [0.2, 0.25) is 0 Å². The third-order valence-electron chi connectivity index (χ3n) is 3.77. The second kappa shape index (κ2) is 8.81. The zero-order valence-corrected chi connectivity index (χ0v) is 16.4. The Bertz CT molecular complexity index is 714. The number of carbonyl (C=O) groups excluding carboxylic acids is 1. The van der Waals surface area contributed by atoms with Crippen LogP contribution in [0.5, 0.6) is 0 Å². The minimum absolute atomic E-state index is 0.0958. The molecule has 0 atom stereocenters. The molecule has 0 aliphatic rings. The van der Waals surface area contributed by atoms with Crippen LogP contribution in [0.25, 0.3) is 10.6 Å². The van der Waals surface area contributed by atoms with Gasteiger partial charge in [-0.1, -0.05) is 37.0 Å². The lowest BCUT2D eigenvalue weighted by atomic mass is 10.2. The highest BCUT2D eigenvalue weighted by molar-refractivity contribution is 7.17. The average Bonchev–Trinajstić information content (AvgIpc) is 2.95. The smallest absolute Gasteiger partial charge is 0.263 e. The van der Waals surface area contributed by atoms with E-state index in [1.165, 1.54) is 11.3 Å². The van der Waals surface area contributed by atoms with Crippen LogP contribution in [-0.2, 0) is 0 Å². The van der Waals surface area contributed by atoms with Crippen LogP contribution in [0.15, 0.2) is 18.2 Å². The fourth-order valence-electron chi connectivity index (χ4n) is 2.33. The lowest BCUT2D eigenvalue weighted by Crippen LogP contribution is -2.34. The van der Waals surface area contributed by atoms with Crippen molar-refractivity contribution in [3.05, 3.63) is 38.8 Å². The number of benzene rings is 1. The van der Waals surface area contributed by atoms with Gasteiger partial charge in [0.05, 0.1) is 10.7 Å². The normalized spacial score (nSPS) is 11.1. The molecule has 1 N–H and O–H groups in total. The highest BCUT2D eigenvalue weighted by atomic mass is 35.5. The first-order chi connectivity index (χ1) is 11.5. The second-order valence-electron chi connectivity index (χ2n) is 5.34. The Morgan fingerprint density at radius 2 is 2.00 bits per heavy atom. The van der Waals surface area contributed by atoms with Crippen molar-refractivity contribution in [1.29, 1.82) is 0 Å². The molecule has 1 aromatic heterocycles. The van der Waals surface area contributed by atoms with E-state index in [4.69, 9.17) is 23.2 Å². The molecular weight excluding hydrogens is 365 g/mol. The van der Waals surface area contributed by atoms with E-state index in [1.807, 2.05) is 6.92 Å². The fourth-order valence-corrected chi connectivity index (χ4v) is 3.78. The van der Waals surface area contributed by atoms with Crippen molar-refractivity contribution in [3.8, 4) is 10.6 Å². The van der Waals surface area contributed by atoms with E-state index in [1.54, 1.807) is 18.2 Å². The van der Waals surface area contributed by atoms with E-state index >= 15 is 0 Å². The summed E-state index contributed by atoms with van der Waals surface area (Å²) in [5.41, 5.74) is 1.45. The molecule has 0 bridgehead atoms. The van der Waals surface area contributed by atoms with Gasteiger partial charge in [-0.05, 0) is 38.2 Å². The summed E-state index contributed by atoms with van der Waals surface area (Å²) >= 11 is 13.6. The summed E-state index contributed by atoms with van der Waals surface area (Å²) in [6.07, 6.45) is 0. The molecule has 130 valence electrons. The first kappa shape index (κ1) is 19.2. The lowest BCUT2D eigenvalue weighted by molar-refractivity contribution is 0.0952. The predicted octanol–water partition coefficient (Wildman–Crippen LogP) is 4.50. The van der Waals surface area contributed by atoms with Gasteiger partial charge in [-0.25, -0.2) is 4.98 Å². The molecule has 24 heavy (non-hydrogen) atoms. The molecule has 0 unspecified atom stereocenters. The number of halogens is 2. The van der Waals surface area contributed by atoms with Gasteiger partial charge in [0, 0.05) is 23.7 Å². The summed E-state index contributed by atoms with van der Waals surface area (Å²) in [4.78, 5) is 19.8. The molecule has 2 aromatic rings. The van der Waals surface area contributed by atoms with E-state index in [0.29, 0.717) is 32.2 Å². The molecule has 0 aliphatic carbocycles. The number of aromatic nitrogens is 1. The van der Waals surface area contributed by atoms with Crippen molar-refractivity contribution >= 4 is 40.4 Å². The molecule has 0 spiro atoms. The summed E-state index contributed by atoms with van der Waals surface area (Å²) < 4.78 is 0. The molecule has 2 rings (SSSR count). The molecule has 4 nitrogen and oxygen atoms in total. The highest BCUT2D eigenvalue weighted by Gasteiger charge is 2.17. The fraction of sp³-hybridized carbons (Fsp3) is 0.412. The van der Waals surface area contributed by atoms with E-state index < -0.39 is 0 Å². The van der Waals surface area contributed by atoms with Crippen molar-refractivity contribution < 1.29 is 4.79 Å². The number of hydrogen-bond donors (Lipinski definition) is 1. The largest absolute Gasteiger partial charge is 0.350 e. The molecule has 1 amide bonds. The SMILES string of the molecule is CCN(CC)CCNC(=O)c1sc(-c2cc(Cl)ccc2Cl)nc1C. The maximum atomic E-state index is 12.4. The first-order valence-electron chi connectivity index (χ1n) is 7.89. The number of nitrogens with one attached hydrogen (secondary N) is 1. The molecule has 0 aliphatic heterocycles. The number of aryl methyl sites for hydroxylation is 1. The Kier molecular flexibility index (Phi) is 7.04. The van der Waals surface area contributed by atoms with Gasteiger partial charge >= 0.3 is 0 Å². The van der Waals surface area contributed by atoms with Gasteiger partial charge in [-0.15, -0.1) is 11.3 Å². The van der Waals surface area contributed by atoms with Gasteiger partial charge < -0.3 is 10.2 Å². The Hall–Kier alpha value is -1.14. The monoisotopic (exact) mass is 385 g/mol. The second-order valence-corrected chi connectivity index (χ2v) is 7.18. The number of hydrogen-bond acceptors (Lipinski definition) is 4. The molecule has 0 saturated carbocycles. The Morgan fingerprint density at radius 3 is 2.67 bits per heavy atom. The van der Waals surface area contributed by atoms with E-state index in [-0.39, 0.29) is 5.91 Å². The van der Waals surface area contributed by atoms with Crippen LogP contribution in [0.1, 0.15) is 29.2 Å². The molecule has 0 fully saturated rings. The number of amides is 1. The third-order valence-corrected chi connectivity index (χ3v) is 5.52. The minimum atomic E-state index is -0.0958. The number of rotatable bonds is 7. The summed E-state index contributed by atoms with van der Waals surface area (Å²) in [6.45, 7) is 9.46. The van der Waals surface area contributed by atoms with Gasteiger partial charge in [-0.2, -0.15) is 0 Å². The van der Waals surface area contributed by atoms with E-state index in [0.717, 1.165) is 25.2 Å². The van der Waals surface area contributed by atoms with Crippen LogP contribution in [0.3, 0.4) is 0 Å². The maximum Gasteiger partial charge on any atom is 0.263 e. The molecule has 7 heteroatoms. The van der Waals surface area contributed by atoms with Crippen molar-refractivity contribution in [2.24, 2.45) is 0 Å². The van der Waals surface area contributed by atoms with Gasteiger partial charge in [0.1, 0.15) is 9.88 Å². The van der Waals surface area contributed by atoms with Crippen LogP contribution >= 0.6 is 34.5 Å². The van der Waals surface area contributed by atoms with E-state index in [2.05, 4.69) is 29.0 Å². The molecule has 1 heterocycles. The summed E-state index contributed by atoms with van der Waals surface area (Å²) in [5, 5.41) is 4.82. The number of likely N-dealkylation sites (N-methyl/N-ethyl adjacent to an activating group) is 1. The van der Waals surface area contributed by atoms with Gasteiger partial charge in [0.15, 0.2) is 0 Å². The third kappa shape index (κ3) is 4.70. The van der Waals surface area contributed by atoms with Crippen LogP contribution in [0, 0.1) is 6.92 Å². The van der Waals surface area contributed by atoms with Crippen LogP contribution in [0.2, 0.25) is 10.0 Å². The number of nitrogens with zero attached hydrogens (tertiary/aromatic N) is 2. The Morgan fingerprint density at radius 1 is 1.29 bits per heavy atom. The number of carbonyl (C=O) groups is 1. The zero-order chi connectivity index (χ0) is 17.7. The van der Waals surface area contributed by atoms with Crippen LogP contribution < -0.4 is 5.32 Å². The topological polar surface area (TPSA) is 45.2 Å². The highest BCUT2D eigenvalue weighted by Crippen LogP contribution is 2.34. The summed E-state index contributed by atoms with van der Waals surface area (Å²) in [5.74, 6) is -0.0958. The summed E-state index contributed by atoms with van der Waals surface area (Å²) in [7, 11) is 0. The van der Waals surface area contributed by atoms with Gasteiger partial charge in [-0.3, -0.25) is 4.79 Å². The Balaban J connectivity index is 2.11. The quantitative estimate of drug-likeness (QED) is 0.762.